The number of benzene rings is 1. The number of aryl methyl sites for hydroxylation is 2. The van der Waals surface area contributed by atoms with Gasteiger partial charge in [0.1, 0.15) is 6.10 Å². The molecule has 1 saturated carbocycles. The molecule has 5 aliphatic rings. The zero-order valence-electron chi connectivity index (χ0n) is 23.4. The summed E-state index contributed by atoms with van der Waals surface area (Å²) < 4.78 is 7.80. The molecule has 2 heterocycles. The minimum absolute atomic E-state index is 0.0389. The van der Waals surface area contributed by atoms with Gasteiger partial charge in [-0.15, -0.1) is 0 Å². The summed E-state index contributed by atoms with van der Waals surface area (Å²) in [4.78, 5) is 18.0. The highest BCUT2D eigenvalue weighted by Gasteiger charge is 2.38. The SMILES string of the molecule is Cc1ccc(N2CCN(CC(Cn3c(O)c4c(c3O)C3C=CC4CC3)OC(=O)C3CCCCC3)CC2)cc1C. The van der Waals surface area contributed by atoms with Crippen LogP contribution >= 0.6 is 0 Å². The maximum Gasteiger partial charge on any atom is 0.309 e. The van der Waals surface area contributed by atoms with Gasteiger partial charge in [0, 0.05) is 61.4 Å². The van der Waals surface area contributed by atoms with E-state index in [1.54, 1.807) is 4.57 Å². The number of hydrogen-bond donors (Lipinski definition) is 2. The quantitative estimate of drug-likeness (QED) is 0.369. The Bertz CT molecular complexity index is 1200. The molecule has 3 atom stereocenters. The molecule has 7 rings (SSSR count). The number of anilines is 1. The van der Waals surface area contributed by atoms with Gasteiger partial charge in [0.2, 0.25) is 0 Å². The molecule has 2 N–H and O–H groups in total. The van der Waals surface area contributed by atoms with E-state index in [1.165, 1.54) is 23.2 Å². The van der Waals surface area contributed by atoms with Crippen molar-refractivity contribution in [3.05, 3.63) is 52.6 Å². The van der Waals surface area contributed by atoms with Crippen LogP contribution in [0.4, 0.5) is 5.69 Å². The predicted molar refractivity (Wildman–Crippen MR) is 153 cm³/mol. The average Bonchev–Trinajstić information content (AvgIpc) is 3.23. The van der Waals surface area contributed by atoms with Gasteiger partial charge in [0.25, 0.3) is 0 Å². The van der Waals surface area contributed by atoms with E-state index in [-0.39, 0.29) is 42.0 Å². The molecular weight excluding hydrogens is 490 g/mol. The number of hydrogen-bond acceptors (Lipinski definition) is 6. The highest BCUT2D eigenvalue weighted by atomic mass is 16.5. The van der Waals surface area contributed by atoms with Crippen molar-refractivity contribution >= 4 is 11.7 Å². The molecule has 210 valence electrons. The molecule has 1 aromatic carbocycles. The molecule has 7 heteroatoms. The molecule has 2 aromatic rings. The summed E-state index contributed by atoms with van der Waals surface area (Å²) in [7, 11) is 0. The van der Waals surface area contributed by atoms with Crippen LogP contribution in [0.2, 0.25) is 0 Å². The van der Waals surface area contributed by atoms with E-state index in [0.29, 0.717) is 6.54 Å². The summed E-state index contributed by atoms with van der Waals surface area (Å²) in [6, 6.07) is 6.66. The van der Waals surface area contributed by atoms with Gasteiger partial charge in [-0.1, -0.05) is 37.5 Å². The van der Waals surface area contributed by atoms with Crippen molar-refractivity contribution in [2.45, 2.75) is 83.3 Å². The van der Waals surface area contributed by atoms with E-state index < -0.39 is 6.10 Å². The number of esters is 1. The van der Waals surface area contributed by atoms with Gasteiger partial charge in [0.05, 0.1) is 12.5 Å². The number of allylic oxidation sites excluding steroid dienone is 2. The number of piperazine rings is 1. The number of aromatic hydroxyl groups is 2. The number of nitrogens with zero attached hydrogens (tertiary/aromatic N) is 3. The molecule has 39 heavy (non-hydrogen) atoms. The fourth-order valence-electron chi connectivity index (χ4n) is 7.17. The summed E-state index contributed by atoms with van der Waals surface area (Å²) in [5, 5.41) is 22.5. The Balaban J connectivity index is 1.17. The zero-order chi connectivity index (χ0) is 27.1. The molecule has 1 aromatic heterocycles. The summed E-state index contributed by atoms with van der Waals surface area (Å²) in [5.41, 5.74) is 5.61. The number of rotatable bonds is 7. The molecule has 1 saturated heterocycles. The normalized spacial score (nSPS) is 24.1. The third kappa shape index (κ3) is 5.18. The first-order chi connectivity index (χ1) is 18.9. The van der Waals surface area contributed by atoms with E-state index in [4.69, 9.17) is 4.74 Å². The van der Waals surface area contributed by atoms with Crippen LogP contribution in [0.25, 0.3) is 0 Å². The lowest BCUT2D eigenvalue weighted by atomic mass is 9.73. The standard InChI is InChI=1S/C32H43N3O4/c1-21-8-13-26(18-22(21)2)34-16-14-33(15-17-34)19-27(39-32(38)25-6-4-3-5-7-25)20-35-30(36)28-23-9-10-24(12-11-23)29(28)31(35)37/h8-10,13,18,23-25,27,36-37H,3-7,11-12,14-17,19-20H2,1-2H3. The second-order valence-corrected chi connectivity index (χ2v) is 12.2. The highest BCUT2D eigenvalue weighted by Crippen LogP contribution is 2.53. The summed E-state index contributed by atoms with van der Waals surface area (Å²) in [5.74, 6) is 0.423. The van der Waals surface area contributed by atoms with E-state index in [9.17, 15) is 15.0 Å². The topological polar surface area (TPSA) is 78.2 Å². The number of ether oxygens (including phenoxy) is 1. The van der Waals surface area contributed by atoms with Crippen molar-refractivity contribution < 1.29 is 19.7 Å². The third-order valence-electron chi connectivity index (χ3n) is 9.69. The lowest BCUT2D eigenvalue weighted by Gasteiger charge is -2.38. The number of fused-ring (bicyclic) bond motifs is 1. The molecule has 0 spiro atoms. The second-order valence-electron chi connectivity index (χ2n) is 12.2. The summed E-state index contributed by atoms with van der Waals surface area (Å²) in [6.07, 6.45) is 11.0. The first-order valence-electron chi connectivity index (χ1n) is 15.0. The van der Waals surface area contributed by atoms with Crippen LogP contribution in [-0.4, -0.2) is 64.5 Å². The molecular formula is C32H43N3O4. The van der Waals surface area contributed by atoms with Crippen LogP contribution in [-0.2, 0) is 16.1 Å². The van der Waals surface area contributed by atoms with Crippen LogP contribution in [0.1, 0.15) is 79.0 Å². The fourth-order valence-corrected chi connectivity index (χ4v) is 7.17. The maximum absolute atomic E-state index is 13.2. The molecule has 0 radical (unpaired) electrons. The van der Waals surface area contributed by atoms with E-state index >= 15 is 0 Å². The van der Waals surface area contributed by atoms with Crippen LogP contribution < -0.4 is 4.90 Å². The van der Waals surface area contributed by atoms with Crippen molar-refractivity contribution in [2.24, 2.45) is 5.92 Å². The van der Waals surface area contributed by atoms with Crippen molar-refractivity contribution in [3.63, 3.8) is 0 Å². The van der Waals surface area contributed by atoms with Crippen molar-refractivity contribution in [3.8, 4) is 11.8 Å². The Hall–Kier alpha value is -2.93. The van der Waals surface area contributed by atoms with Crippen LogP contribution in [0.3, 0.4) is 0 Å². The highest BCUT2D eigenvalue weighted by molar-refractivity contribution is 5.72. The molecule has 2 bridgehead atoms. The summed E-state index contributed by atoms with van der Waals surface area (Å²) in [6.45, 7) is 8.73. The Morgan fingerprint density at radius 2 is 1.51 bits per heavy atom. The first-order valence-corrected chi connectivity index (χ1v) is 15.0. The summed E-state index contributed by atoms with van der Waals surface area (Å²) >= 11 is 0. The van der Waals surface area contributed by atoms with Crippen LogP contribution in [0.15, 0.2) is 30.4 Å². The number of aromatic nitrogens is 1. The van der Waals surface area contributed by atoms with Gasteiger partial charge in [-0.05, 0) is 62.8 Å². The molecule has 7 nitrogen and oxygen atoms in total. The van der Waals surface area contributed by atoms with Crippen molar-refractivity contribution in [1.29, 1.82) is 0 Å². The average molecular weight is 534 g/mol. The van der Waals surface area contributed by atoms with Crippen LogP contribution in [0, 0.1) is 19.8 Å². The smallest absolute Gasteiger partial charge is 0.309 e. The van der Waals surface area contributed by atoms with Crippen molar-refractivity contribution in [2.75, 3.05) is 37.6 Å². The molecule has 0 amide bonds. The number of carbonyl (C=O) groups excluding carboxylic acids is 1. The lowest BCUT2D eigenvalue weighted by Crippen LogP contribution is -2.50. The van der Waals surface area contributed by atoms with E-state index in [2.05, 4.69) is 54.0 Å². The minimum atomic E-state index is -0.441. The van der Waals surface area contributed by atoms with Gasteiger partial charge in [0.15, 0.2) is 11.8 Å². The molecule has 4 aliphatic carbocycles. The monoisotopic (exact) mass is 533 g/mol. The lowest BCUT2D eigenvalue weighted by molar-refractivity contribution is -0.157. The molecule has 2 fully saturated rings. The second kappa shape index (κ2) is 10.9. The Kier molecular flexibility index (Phi) is 7.36. The molecule has 3 unspecified atom stereocenters. The van der Waals surface area contributed by atoms with Gasteiger partial charge < -0.3 is 19.8 Å². The van der Waals surface area contributed by atoms with Gasteiger partial charge in [-0.25, -0.2) is 0 Å². The van der Waals surface area contributed by atoms with Gasteiger partial charge in [-0.2, -0.15) is 0 Å². The van der Waals surface area contributed by atoms with Gasteiger partial charge >= 0.3 is 5.97 Å². The largest absolute Gasteiger partial charge is 0.494 e. The first kappa shape index (κ1) is 26.3. The fraction of sp³-hybridized carbons (Fsp3) is 0.594. The van der Waals surface area contributed by atoms with E-state index in [1.807, 2.05) is 0 Å². The zero-order valence-corrected chi connectivity index (χ0v) is 23.4. The Morgan fingerprint density at radius 3 is 2.10 bits per heavy atom. The van der Waals surface area contributed by atoms with E-state index in [0.717, 1.165) is 75.8 Å². The molecule has 1 aliphatic heterocycles. The maximum atomic E-state index is 13.2. The Labute approximate surface area is 232 Å². The minimum Gasteiger partial charge on any atom is -0.494 e. The number of carbonyl (C=O) groups is 1. The Morgan fingerprint density at radius 1 is 0.872 bits per heavy atom. The van der Waals surface area contributed by atoms with Gasteiger partial charge in [-0.3, -0.25) is 14.3 Å². The predicted octanol–water partition coefficient (Wildman–Crippen LogP) is 5.36. The van der Waals surface area contributed by atoms with Crippen LogP contribution in [0.5, 0.6) is 11.8 Å². The third-order valence-corrected chi connectivity index (χ3v) is 9.69. The van der Waals surface area contributed by atoms with Crippen molar-refractivity contribution in [1.82, 2.24) is 9.47 Å².